The van der Waals surface area contributed by atoms with Crippen molar-refractivity contribution in [1.82, 2.24) is 10.2 Å². The van der Waals surface area contributed by atoms with Gasteiger partial charge in [0, 0.05) is 26.1 Å². The summed E-state index contributed by atoms with van der Waals surface area (Å²) >= 11 is 0. The first-order valence-corrected chi connectivity index (χ1v) is 9.30. The van der Waals surface area contributed by atoms with Crippen molar-refractivity contribution in [3.05, 3.63) is 47.3 Å². The van der Waals surface area contributed by atoms with Crippen molar-refractivity contribution < 1.29 is 23.2 Å². The number of furan rings is 2. The maximum atomic E-state index is 13.0. The minimum atomic E-state index is -0.128. The normalized spacial score (nSPS) is 16.4. The number of hydrogen-bond donors (Lipinski definition) is 1. The lowest BCUT2D eigenvalue weighted by Gasteiger charge is -2.25. The monoisotopic (exact) mass is 374 g/mol. The van der Waals surface area contributed by atoms with Crippen LogP contribution in [-0.2, 0) is 16.1 Å². The highest BCUT2D eigenvalue weighted by molar-refractivity contribution is 5.95. The van der Waals surface area contributed by atoms with Crippen LogP contribution in [-0.4, -0.2) is 42.5 Å². The van der Waals surface area contributed by atoms with Crippen LogP contribution in [0.1, 0.15) is 46.9 Å². The summed E-state index contributed by atoms with van der Waals surface area (Å²) in [7, 11) is 0. The third kappa shape index (κ3) is 5.23. The lowest BCUT2D eigenvalue weighted by molar-refractivity contribution is -0.121. The highest BCUT2D eigenvalue weighted by Gasteiger charge is 2.26. The number of rotatable bonds is 8. The van der Waals surface area contributed by atoms with Gasteiger partial charge in [-0.25, -0.2) is 0 Å². The van der Waals surface area contributed by atoms with Crippen molar-refractivity contribution in [1.29, 1.82) is 0 Å². The van der Waals surface area contributed by atoms with Crippen LogP contribution in [0.4, 0.5) is 0 Å². The molecular weight excluding hydrogens is 348 g/mol. The Labute approximate surface area is 158 Å². The summed E-state index contributed by atoms with van der Waals surface area (Å²) in [5.74, 6) is 1.73. The molecule has 0 unspecified atom stereocenters. The minimum Gasteiger partial charge on any atom is -0.467 e. The number of carbonyl (C=O) groups excluding carboxylic acids is 2. The van der Waals surface area contributed by atoms with E-state index in [9.17, 15) is 9.59 Å². The molecule has 1 fully saturated rings. The maximum Gasteiger partial charge on any atom is 0.257 e. The second-order valence-electron chi connectivity index (χ2n) is 6.82. The van der Waals surface area contributed by atoms with Crippen LogP contribution in [0, 0.1) is 13.8 Å². The van der Waals surface area contributed by atoms with E-state index in [-0.39, 0.29) is 24.3 Å². The first-order valence-electron chi connectivity index (χ1n) is 9.30. The average molecular weight is 374 g/mol. The quantitative estimate of drug-likeness (QED) is 0.768. The summed E-state index contributed by atoms with van der Waals surface area (Å²) in [5, 5.41) is 2.81. The van der Waals surface area contributed by atoms with Crippen LogP contribution >= 0.6 is 0 Å². The van der Waals surface area contributed by atoms with Crippen LogP contribution < -0.4 is 5.32 Å². The zero-order chi connectivity index (χ0) is 19.2. The summed E-state index contributed by atoms with van der Waals surface area (Å²) in [6.45, 7) is 5.46. The van der Waals surface area contributed by atoms with Gasteiger partial charge in [0.05, 0.1) is 24.5 Å². The van der Waals surface area contributed by atoms with Crippen molar-refractivity contribution in [3.63, 3.8) is 0 Å². The standard InChI is InChI=1S/C20H26N2O5/c1-14-11-18(15(2)27-14)20(24)22(13-17-6-4-10-26-17)8-7-19(23)21-12-16-5-3-9-25-16/h3,5,9,11,17H,4,6-8,10,12-13H2,1-2H3,(H,21,23)/t17-/m1/s1. The predicted octanol–water partition coefficient (Wildman–Crippen LogP) is 2.82. The largest absolute Gasteiger partial charge is 0.467 e. The second kappa shape index (κ2) is 8.90. The molecule has 7 heteroatoms. The molecule has 1 atom stereocenters. The Kier molecular flexibility index (Phi) is 6.34. The van der Waals surface area contributed by atoms with E-state index in [1.165, 1.54) is 0 Å². The second-order valence-corrected chi connectivity index (χ2v) is 6.82. The lowest BCUT2D eigenvalue weighted by Crippen LogP contribution is -2.40. The molecule has 27 heavy (non-hydrogen) atoms. The Bertz CT molecular complexity index is 759. The molecule has 0 bridgehead atoms. The Hall–Kier alpha value is -2.54. The summed E-state index contributed by atoms with van der Waals surface area (Å²) in [6, 6.07) is 5.33. The van der Waals surface area contributed by atoms with E-state index >= 15 is 0 Å². The third-order valence-electron chi connectivity index (χ3n) is 4.66. The van der Waals surface area contributed by atoms with Gasteiger partial charge in [0.1, 0.15) is 17.3 Å². The molecule has 3 rings (SSSR count). The van der Waals surface area contributed by atoms with Crippen molar-refractivity contribution in [2.24, 2.45) is 0 Å². The molecule has 7 nitrogen and oxygen atoms in total. The van der Waals surface area contributed by atoms with Crippen molar-refractivity contribution >= 4 is 11.8 Å². The van der Waals surface area contributed by atoms with Crippen molar-refractivity contribution in [3.8, 4) is 0 Å². The first-order chi connectivity index (χ1) is 13.0. The smallest absolute Gasteiger partial charge is 0.257 e. The molecule has 2 amide bonds. The van der Waals surface area contributed by atoms with E-state index in [4.69, 9.17) is 13.6 Å². The number of amides is 2. The van der Waals surface area contributed by atoms with Crippen LogP contribution in [0.25, 0.3) is 0 Å². The fourth-order valence-electron chi connectivity index (χ4n) is 3.25. The Morgan fingerprint density at radius 2 is 2.19 bits per heavy atom. The number of carbonyl (C=O) groups is 2. The van der Waals surface area contributed by atoms with Gasteiger partial charge < -0.3 is 23.8 Å². The Balaban J connectivity index is 1.59. The van der Waals surface area contributed by atoms with Crippen LogP contribution in [0.15, 0.2) is 33.3 Å². The maximum absolute atomic E-state index is 13.0. The summed E-state index contributed by atoms with van der Waals surface area (Å²) in [4.78, 5) is 26.9. The van der Waals surface area contributed by atoms with E-state index in [1.54, 1.807) is 36.3 Å². The van der Waals surface area contributed by atoms with E-state index in [0.717, 1.165) is 19.4 Å². The molecule has 0 aliphatic carbocycles. The van der Waals surface area contributed by atoms with Crippen LogP contribution in [0.5, 0.6) is 0 Å². The highest BCUT2D eigenvalue weighted by Crippen LogP contribution is 2.19. The van der Waals surface area contributed by atoms with Crippen molar-refractivity contribution in [2.45, 2.75) is 45.8 Å². The van der Waals surface area contributed by atoms with E-state index in [0.29, 0.717) is 42.5 Å². The molecule has 1 aliphatic heterocycles. The van der Waals surface area contributed by atoms with Crippen molar-refractivity contribution in [2.75, 3.05) is 19.7 Å². The van der Waals surface area contributed by atoms with Gasteiger partial charge in [0.25, 0.3) is 5.91 Å². The Morgan fingerprint density at radius 3 is 2.81 bits per heavy atom. The molecule has 2 aromatic heterocycles. The van der Waals surface area contributed by atoms with Gasteiger partial charge in [-0.3, -0.25) is 9.59 Å². The summed E-state index contributed by atoms with van der Waals surface area (Å²) in [5.41, 5.74) is 0.543. The first kappa shape index (κ1) is 19.2. The molecule has 146 valence electrons. The molecule has 2 aromatic rings. The fraction of sp³-hybridized carbons (Fsp3) is 0.500. The minimum absolute atomic E-state index is 0.0217. The van der Waals surface area contributed by atoms with E-state index in [2.05, 4.69) is 5.32 Å². The van der Waals surface area contributed by atoms with Gasteiger partial charge >= 0.3 is 0 Å². The predicted molar refractivity (Wildman–Crippen MR) is 98.2 cm³/mol. The molecule has 1 aliphatic rings. The number of nitrogens with one attached hydrogen (secondary N) is 1. The van der Waals surface area contributed by atoms with E-state index in [1.807, 2.05) is 6.92 Å². The van der Waals surface area contributed by atoms with Gasteiger partial charge in [-0.05, 0) is 44.9 Å². The number of ether oxygens (including phenoxy) is 1. The summed E-state index contributed by atoms with van der Waals surface area (Å²) < 4.78 is 16.4. The number of nitrogens with zero attached hydrogens (tertiary/aromatic N) is 1. The molecule has 0 saturated carbocycles. The third-order valence-corrected chi connectivity index (χ3v) is 4.66. The average Bonchev–Trinajstić information content (AvgIpc) is 3.39. The molecule has 1 saturated heterocycles. The zero-order valence-corrected chi connectivity index (χ0v) is 15.8. The lowest BCUT2D eigenvalue weighted by atomic mass is 10.1. The molecular formula is C20H26N2O5. The molecule has 1 N–H and O–H groups in total. The van der Waals surface area contributed by atoms with Gasteiger partial charge in [-0.1, -0.05) is 0 Å². The topological polar surface area (TPSA) is 84.9 Å². The highest BCUT2D eigenvalue weighted by atomic mass is 16.5. The SMILES string of the molecule is Cc1cc(C(=O)N(CCC(=O)NCc2ccco2)C[C@H]2CCCO2)c(C)o1. The number of aryl methyl sites for hydroxylation is 2. The van der Waals surface area contributed by atoms with Gasteiger partial charge in [-0.2, -0.15) is 0 Å². The van der Waals surface area contributed by atoms with Gasteiger partial charge in [0.2, 0.25) is 5.91 Å². The molecule has 0 radical (unpaired) electrons. The zero-order valence-electron chi connectivity index (χ0n) is 15.8. The Morgan fingerprint density at radius 1 is 1.33 bits per heavy atom. The number of hydrogen-bond acceptors (Lipinski definition) is 5. The van der Waals surface area contributed by atoms with Crippen LogP contribution in [0.2, 0.25) is 0 Å². The molecule has 0 aromatic carbocycles. The van der Waals surface area contributed by atoms with Gasteiger partial charge in [-0.15, -0.1) is 0 Å². The van der Waals surface area contributed by atoms with E-state index < -0.39 is 0 Å². The van der Waals surface area contributed by atoms with Crippen LogP contribution in [0.3, 0.4) is 0 Å². The summed E-state index contributed by atoms with van der Waals surface area (Å²) in [6.07, 6.45) is 3.74. The molecule has 3 heterocycles. The molecule has 0 spiro atoms. The fourth-order valence-corrected chi connectivity index (χ4v) is 3.25. The van der Waals surface area contributed by atoms with Gasteiger partial charge in [0.15, 0.2) is 0 Å².